The number of alkyl halides is 3. The van der Waals surface area contributed by atoms with Gasteiger partial charge in [-0.2, -0.15) is 26.3 Å². The SMILES string of the molecule is NS(=O)(=O)N[C@H](CC(F)(F)F)c1ccc(Cl)cc1. The van der Waals surface area contributed by atoms with Crippen LogP contribution in [0.4, 0.5) is 13.2 Å². The molecule has 0 saturated heterocycles. The fourth-order valence-corrected chi connectivity index (χ4v) is 2.09. The smallest absolute Gasteiger partial charge is 0.216 e. The Morgan fingerprint density at radius 3 is 2.17 bits per heavy atom. The zero-order valence-corrected chi connectivity index (χ0v) is 10.5. The lowest BCUT2D eigenvalue weighted by Gasteiger charge is -2.19. The van der Waals surface area contributed by atoms with Crippen molar-refractivity contribution in [3.8, 4) is 0 Å². The molecule has 0 spiro atoms. The predicted molar refractivity (Wildman–Crippen MR) is 61.1 cm³/mol. The summed E-state index contributed by atoms with van der Waals surface area (Å²) in [7, 11) is -4.24. The number of nitrogens with one attached hydrogen (secondary N) is 1. The zero-order valence-electron chi connectivity index (χ0n) is 8.91. The van der Waals surface area contributed by atoms with Crippen LogP contribution in [0.2, 0.25) is 5.02 Å². The van der Waals surface area contributed by atoms with Crippen molar-refractivity contribution in [3.63, 3.8) is 0 Å². The van der Waals surface area contributed by atoms with E-state index in [0.717, 1.165) is 0 Å². The summed E-state index contributed by atoms with van der Waals surface area (Å²) in [5, 5.41) is 5.02. The summed E-state index contributed by atoms with van der Waals surface area (Å²) in [6.07, 6.45) is -5.88. The van der Waals surface area contributed by atoms with Crippen LogP contribution < -0.4 is 9.86 Å². The van der Waals surface area contributed by atoms with Gasteiger partial charge < -0.3 is 0 Å². The number of hydrogen-bond acceptors (Lipinski definition) is 2. The number of halogens is 4. The Balaban J connectivity index is 3.00. The van der Waals surface area contributed by atoms with Gasteiger partial charge in [0.1, 0.15) is 0 Å². The van der Waals surface area contributed by atoms with E-state index >= 15 is 0 Å². The second-order valence-corrected chi connectivity index (χ2v) is 5.35. The minimum Gasteiger partial charge on any atom is -0.216 e. The maximum Gasteiger partial charge on any atom is 0.390 e. The molecule has 0 radical (unpaired) electrons. The zero-order chi connectivity index (χ0) is 14.0. The lowest BCUT2D eigenvalue weighted by molar-refractivity contribution is -0.139. The minimum atomic E-state index is -4.53. The average molecular weight is 303 g/mol. The molecule has 0 aliphatic carbocycles. The van der Waals surface area contributed by atoms with Crippen molar-refractivity contribution in [3.05, 3.63) is 34.9 Å². The Kier molecular flexibility index (Phi) is 4.60. The monoisotopic (exact) mass is 302 g/mol. The van der Waals surface area contributed by atoms with Gasteiger partial charge in [-0.25, -0.2) is 5.14 Å². The molecule has 3 N–H and O–H groups in total. The van der Waals surface area contributed by atoms with Crippen molar-refractivity contribution >= 4 is 21.8 Å². The molecule has 0 bridgehead atoms. The van der Waals surface area contributed by atoms with Gasteiger partial charge in [-0.3, -0.25) is 0 Å². The van der Waals surface area contributed by atoms with Crippen LogP contribution in [0.15, 0.2) is 24.3 Å². The van der Waals surface area contributed by atoms with E-state index in [0.29, 0.717) is 5.02 Å². The van der Waals surface area contributed by atoms with E-state index in [1.54, 1.807) is 4.72 Å². The van der Waals surface area contributed by atoms with E-state index in [-0.39, 0.29) is 5.56 Å². The summed E-state index contributed by atoms with van der Waals surface area (Å²) in [6, 6.07) is 3.86. The molecular weight excluding hydrogens is 293 g/mol. The number of hydrogen-bond donors (Lipinski definition) is 2. The highest BCUT2D eigenvalue weighted by Gasteiger charge is 2.34. The van der Waals surface area contributed by atoms with E-state index in [1.165, 1.54) is 24.3 Å². The Morgan fingerprint density at radius 2 is 1.78 bits per heavy atom. The second-order valence-electron chi connectivity index (χ2n) is 3.59. The first-order valence-electron chi connectivity index (χ1n) is 4.69. The Morgan fingerprint density at radius 1 is 1.28 bits per heavy atom. The van der Waals surface area contributed by atoms with Crippen molar-refractivity contribution in [2.45, 2.75) is 18.6 Å². The second kappa shape index (κ2) is 5.43. The van der Waals surface area contributed by atoms with Gasteiger partial charge in [0.15, 0.2) is 0 Å². The highest BCUT2D eigenvalue weighted by molar-refractivity contribution is 7.87. The molecule has 0 heterocycles. The van der Waals surface area contributed by atoms with E-state index in [9.17, 15) is 21.6 Å². The largest absolute Gasteiger partial charge is 0.390 e. The molecule has 1 aromatic rings. The van der Waals surface area contributed by atoms with Gasteiger partial charge in [0.25, 0.3) is 10.2 Å². The first-order chi connectivity index (χ1) is 8.07. The van der Waals surface area contributed by atoms with E-state index in [4.69, 9.17) is 16.7 Å². The Bertz CT molecular complexity index is 502. The molecular formula is C9H10ClF3N2O2S. The van der Waals surface area contributed by atoms with Crippen LogP contribution in [0.5, 0.6) is 0 Å². The van der Waals surface area contributed by atoms with Crippen LogP contribution in [-0.4, -0.2) is 14.6 Å². The molecule has 0 unspecified atom stereocenters. The molecule has 18 heavy (non-hydrogen) atoms. The fourth-order valence-electron chi connectivity index (χ4n) is 1.35. The quantitative estimate of drug-likeness (QED) is 0.894. The van der Waals surface area contributed by atoms with Gasteiger partial charge in [0.05, 0.1) is 12.5 Å². The predicted octanol–water partition coefficient (Wildman–Crippen LogP) is 2.13. The van der Waals surface area contributed by atoms with E-state index in [2.05, 4.69) is 0 Å². The van der Waals surface area contributed by atoms with Crippen molar-refractivity contribution in [1.29, 1.82) is 0 Å². The molecule has 9 heteroatoms. The van der Waals surface area contributed by atoms with Gasteiger partial charge in [0, 0.05) is 5.02 Å². The average Bonchev–Trinajstić information content (AvgIpc) is 2.13. The highest BCUT2D eigenvalue weighted by atomic mass is 35.5. The summed E-state index contributed by atoms with van der Waals surface area (Å²) in [4.78, 5) is 0. The van der Waals surface area contributed by atoms with Gasteiger partial charge in [-0.15, -0.1) is 0 Å². The topological polar surface area (TPSA) is 72.2 Å². The molecule has 0 saturated carbocycles. The standard InChI is InChI=1S/C9H10ClF3N2O2S/c10-7-3-1-6(2-4-7)8(5-9(11,12)13)15-18(14,16)17/h1-4,8,15H,5H2,(H2,14,16,17)/t8-/m1/s1. The number of rotatable bonds is 4. The molecule has 1 atom stereocenters. The summed E-state index contributed by atoms with van der Waals surface area (Å²) >= 11 is 5.60. The Labute approximate surface area is 107 Å². The van der Waals surface area contributed by atoms with Crippen molar-refractivity contribution in [2.75, 3.05) is 0 Å². The van der Waals surface area contributed by atoms with Gasteiger partial charge in [-0.05, 0) is 17.7 Å². The lowest BCUT2D eigenvalue weighted by atomic mass is 10.0. The molecule has 0 aliphatic rings. The normalized spacial score (nSPS) is 14.5. The van der Waals surface area contributed by atoms with Crippen LogP contribution in [0, 0.1) is 0 Å². The lowest BCUT2D eigenvalue weighted by Crippen LogP contribution is -2.36. The van der Waals surface area contributed by atoms with Gasteiger partial charge in [-0.1, -0.05) is 23.7 Å². The van der Waals surface area contributed by atoms with Crippen LogP contribution >= 0.6 is 11.6 Å². The number of nitrogens with two attached hydrogens (primary N) is 1. The third kappa shape index (κ3) is 5.67. The molecule has 1 aromatic carbocycles. The molecule has 0 aliphatic heterocycles. The summed E-state index contributed by atoms with van der Waals surface area (Å²) in [5.41, 5.74) is 0.130. The third-order valence-corrected chi connectivity index (χ3v) is 2.88. The maximum absolute atomic E-state index is 12.3. The van der Waals surface area contributed by atoms with Gasteiger partial charge in [0.2, 0.25) is 0 Å². The first-order valence-corrected chi connectivity index (χ1v) is 6.61. The van der Waals surface area contributed by atoms with Crippen molar-refractivity contribution < 1.29 is 21.6 Å². The molecule has 102 valence electrons. The molecule has 1 rings (SSSR count). The maximum atomic E-state index is 12.3. The first kappa shape index (κ1) is 15.2. The van der Waals surface area contributed by atoms with Crippen LogP contribution in [0.1, 0.15) is 18.0 Å². The number of benzene rings is 1. The summed E-state index contributed by atoms with van der Waals surface area (Å²) in [5.74, 6) is 0. The Hall–Kier alpha value is -0.830. The molecule has 0 fully saturated rings. The summed E-state index contributed by atoms with van der Waals surface area (Å²) in [6.45, 7) is 0. The highest BCUT2D eigenvalue weighted by Crippen LogP contribution is 2.30. The van der Waals surface area contributed by atoms with Gasteiger partial charge >= 0.3 is 6.18 Å². The fraction of sp³-hybridized carbons (Fsp3) is 0.333. The van der Waals surface area contributed by atoms with Crippen molar-refractivity contribution in [2.24, 2.45) is 5.14 Å². The third-order valence-electron chi connectivity index (χ3n) is 2.01. The molecule has 4 nitrogen and oxygen atoms in total. The molecule has 0 amide bonds. The van der Waals surface area contributed by atoms with Crippen molar-refractivity contribution in [1.82, 2.24) is 4.72 Å². The summed E-state index contributed by atoms with van der Waals surface area (Å²) < 4.78 is 60.4. The van der Waals surface area contributed by atoms with E-state index in [1.807, 2.05) is 0 Å². The molecule has 0 aromatic heterocycles. The van der Waals surface area contributed by atoms with Crippen LogP contribution in [0.3, 0.4) is 0 Å². The van der Waals surface area contributed by atoms with Crippen LogP contribution in [-0.2, 0) is 10.2 Å². The van der Waals surface area contributed by atoms with Crippen LogP contribution in [0.25, 0.3) is 0 Å². The van der Waals surface area contributed by atoms with E-state index < -0.39 is 28.8 Å². The minimum absolute atomic E-state index is 0.130.